The number of aromatic nitrogens is 4. The maximum Gasteiger partial charge on any atom is 0.343 e. The van der Waals surface area contributed by atoms with Crippen LogP contribution in [0.25, 0.3) is 5.78 Å². The number of carboxylic acids is 1. The number of hydrogen-bond donors (Lipinski definition) is 2. The average molecular weight is 234 g/mol. The van der Waals surface area contributed by atoms with Crippen molar-refractivity contribution in [3.05, 3.63) is 27.4 Å². The van der Waals surface area contributed by atoms with Crippen LogP contribution in [0.1, 0.15) is 40.6 Å². The molecule has 1 saturated carbocycles. The Morgan fingerprint density at radius 1 is 1.47 bits per heavy atom. The van der Waals surface area contributed by atoms with Crippen LogP contribution in [0, 0.1) is 6.92 Å². The lowest BCUT2D eigenvalue weighted by Crippen LogP contribution is -2.25. The third-order valence-electron chi connectivity index (χ3n) is 2.87. The number of hydrogen-bond acceptors (Lipinski definition) is 4. The fraction of sp³-hybridized carbons (Fsp3) is 0.400. The summed E-state index contributed by atoms with van der Waals surface area (Å²) in [5.41, 5.74) is -0.732. The van der Waals surface area contributed by atoms with Crippen LogP contribution in [-0.2, 0) is 0 Å². The lowest BCUT2D eigenvalue weighted by molar-refractivity contribution is 0.0693. The molecule has 1 aliphatic carbocycles. The summed E-state index contributed by atoms with van der Waals surface area (Å²) in [6.45, 7) is 1.50. The zero-order valence-corrected chi connectivity index (χ0v) is 9.10. The Kier molecular flexibility index (Phi) is 1.86. The van der Waals surface area contributed by atoms with E-state index in [4.69, 9.17) is 5.11 Å². The number of aromatic carboxylic acids is 1. The lowest BCUT2D eigenvalue weighted by Gasteiger charge is -1.98. The van der Waals surface area contributed by atoms with Gasteiger partial charge in [-0.25, -0.2) is 9.78 Å². The Balaban J connectivity index is 2.32. The molecule has 1 fully saturated rings. The number of aryl methyl sites for hydroxylation is 1. The smallest absolute Gasteiger partial charge is 0.343 e. The molecule has 17 heavy (non-hydrogen) atoms. The number of aromatic amines is 1. The fourth-order valence-corrected chi connectivity index (χ4v) is 1.82. The number of carboxylic acid groups (broad SMARTS) is 1. The highest BCUT2D eigenvalue weighted by atomic mass is 16.4. The van der Waals surface area contributed by atoms with Gasteiger partial charge >= 0.3 is 5.97 Å². The molecule has 0 radical (unpaired) electrons. The van der Waals surface area contributed by atoms with Gasteiger partial charge in [-0.3, -0.25) is 9.89 Å². The van der Waals surface area contributed by atoms with Crippen molar-refractivity contribution in [1.29, 1.82) is 0 Å². The molecule has 0 aliphatic heterocycles. The fourth-order valence-electron chi connectivity index (χ4n) is 1.82. The van der Waals surface area contributed by atoms with E-state index in [0.717, 1.165) is 17.4 Å². The molecule has 2 aromatic heterocycles. The molecular weight excluding hydrogens is 224 g/mol. The Morgan fingerprint density at radius 2 is 2.18 bits per heavy atom. The first-order valence-electron chi connectivity index (χ1n) is 5.30. The first-order chi connectivity index (χ1) is 8.08. The van der Waals surface area contributed by atoms with Crippen molar-refractivity contribution in [2.24, 2.45) is 0 Å². The van der Waals surface area contributed by atoms with Crippen LogP contribution in [0.5, 0.6) is 0 Å². The summed E-state index contributed by atoms with van der Waals surface area (Å²) in [6, 6.07) is 0. The van der Waals surface area contributed by atoms with Crippen LogP contribution in [0.15, 0.2) is 4.79 Å². The monoisotopic (exact) mass is 234 g/mol. The minimum absolute atomic E-state index is 0.191. The lowest BCUT2D eigenvalue weighted by atomic mass is 10.2. The summed E-state index contributed by atoms with van der Waals surface area (Å²) in [5.74, 6) is 0.0256. The average Bonchev–Trinajstić information content (AvgIpc) is 2.99. The predicted octanol–water partition coefficient (Wildman–Crippen LogP) is 0.302. The molecule has 2 N–H and O–H groups in total. The summed E-state index contributed by atoms with van der Waals surface area (Å²) in [7, 11) is 0. The van der Waals surface area contributed by atoms with Crippen molar-refractivity contribution in [2.45, 2.75) is 25.7 Å². The van der Waals surface area contributed by atoms with Crippen LogP contribution in [0.3, 0.4) is 0 Å². The van der Waals surface area contributed by atoms with Gasteiger partial charge in [-0.2, -0.15) is 9.50 Å². The third kappa shape index (κ3) is 1.42. The Hall–Kier alpha value is -2.18. The summed E-state index contributed by atoms with van der Waals surface area (Å²) >= 11 is 0. The Labute approximate surface area is 95.1 Å². The first kappa shape index (κ1) is 10.0. The van der Waals surface area contributed by atoms with Crippen LogP contribution >= 0.6 is 0 Å². The van der Waals surface area contributed by atoms with Crippen molar-refractivity contribution >= 4 is 11.7 Å². The van der Waals surface area contributed by atoms with Gasteiger partial charge in [0, 0.05) is 5.92 Å². The van der Waals surface area contributed by atoms with Gasteiger partial charge in [0.1, 0.15) is 11.4 Å². The molecule has 0 amide bonds. The Morgan fingerprint density at radius 3 is 2.76 bits per heavy atom. The van der Waals surface area contributed by atoms with Gasteiger partial charge in [0.05, 0.1) is 5.69 Å². The van der Waals surface area contributed by atoms with E-state index in [1.165, 1.54) is 6.92 Å². The van der Waals surface area contributed by atoms with Crippen molar-refractivity contribution < 1.29 is 9.90 Å². The quantitative estimate of drug-likeness (QED) is 0.778. The van der Waals surface area contributed by atoms with Gasteiger partial charge in [-0.05, 0) is 19.8 Å². The zero-order chi connectivity index (χ0) is 12.2. The third-order valence-corrected chi connectivity index (χ3v) is 2.87. The summed E-state index contributed by atoms with van der Waals surface area (Å²) in [4.78, 5) is 31.1. The summed E-state index contributed by atoms with van der Waals surface area (Å²) in [5, 5.41) is 11.8. The number of rotatable bonds is 2. The highest BCUT2D eigenvalue weighted by Gasteiger charge is 2.28. The normalized spacial score (nSPS) is 15.4. The van der Waals surface area contributed by atoms with E-state index in [-0.39, 0.29) is 17.0 Å². The number of nitrogens with one attached hydrogen (secondary N) is 1. The van der Waals surface area contributed by atoms with E-state index in [1.807, 2.05) is 0 Å². The number of fused-ring (bicyclic) bond motifs is 1. The molecule has 0 atom stereocenters. The highest BCUT2D eigenvalue weighted by molar-refractivity contribution is 5.88. The van der Waals surface area contributed by atoms with Gasteiger partial charge in [0.25, 0.3) is 11.3 Å². The molecule has 0 bridgehead atoms. The van der Waals surface area contributed by atoms with Crippen LogP contribution in [0.2, 0.25) is 0 Å². The van der Waals surface area contributed by atoms with E-state index >= 15 is 0 Å². The molecule has 2 heterocycles. The molecule has 0 unspecified atom stereocenters. The Bertz CT molecular complexity index is 681. The van der Waals surface area contributed by atoms with Gasteiger partial charge in [0.2, 0.25) is 0 Å². The zero-order valence-electron chi connectivity index (χ0n) is 9.10. The van der Waals surface area contributed by atoms with Crippen molar-refractivity contribution in [3.8, 4) is 0 Å². The maximum absolute atomic E-state index is 11.9. The predicted molar refractivity (Wildman–Crippen MR) is 57.3 cm³/mol. The molecule has 3 rings (SSSR count). The first-order valence-corrected chi connectivity index (χ1v) is 5.30. The topological polar surface area (TPSA) is 100 Å². The number of nitrogens with zero attached hydrogens (tertiary/aromatic N) is 3. The minimum Gasteiger partial charge on any atom is -0.477 e. The molecule has 1 aliphatic rings. The van der Waals surface area contributed by atoms with Crippen LogP contribution in [0.4, 0.5) is 0 Å². The molecule has 0 aromatic carbocycles. The SMILES string of the molecule is Cc1nc2nc(C3CC3)[nH]n2c(=O)c1C(=O)O. The molecule has 88 valence electrons. The largest absolute Gasteiger partial charge is 0.477 e. The van der Waals surface area contributed by atoms with Gasteiger partial charge in [0.15, 0.2) is 0 Å². The maximum atomic E-state index is 11.9. The molecular formula is C10H10N4O3. The van der Waals surface area contributed by atoms with E-state index < -0.39 is 11.5 Å². The second-order valence-corrected chi connectivity index (χ2v) is 4.20. The highest BCUT2D eigenvalue weighted by Crippen LogP contribution is 2.37. The van der Waals surface area contributed by atoms with Crippen molar-refractivity contribution in [1.82, 2.24) is 19.6 Å². The molecule has 7 nitrogen and oxygen atoms in total. The van der Waals surface area contributed by atoms with Crippen molar-refractivity contribution in [3.63, 3.8) is 0 Å². The summed E-state index contributed by atoms with van der Waals surface area (Å²) < 4.78 is 1.10. The molecule has 7 heteroatoms. The van der Waals surface area contributed by atoms with E-state index in [1.54, 1.807) is 0 Å². The van der Waals surface area contributed by atoms with E-state index in [2.05, 4.69) is 15.1 Å². The minimum atomic E-state index is -1.27. The van der Waals surface area contributed by atoms with Crippen LogP contribution in [-0.4, -0.2) is 30.7 Å². The molecule has 2 aromatic rings. The standard InChI is InChI=1S/C10H10N4O3/c1-4-6(9(16)17)8(15)14-10(11-4)12-7(13-14)5-2-3-5/h5H,2-3H2,1H3,(H,16,17)(H,11,12,13). The summed E-state index contributed by atoms with van der Waals surface area (Å²) in [6.07, 6.45) is 2.08. The van der Waals surface area contributed by atoms with E-state index in [0.29, 0.717) is 11.7 Å². The molecule has 0 saturated heterocycles. The second-order valence-electron chi connectivity index (χ2n) is 4.20. The molecule has 0 spiro atoms. The van der Waals surface area contributed by atoms with Gasteiger partial charge in [-0.15, -0.1) is 0 Å². The number of H-pyrrole nitrogens is 1. The number of carbonyl (C=O) groups is 1. The second kappa shape index (κ2) is 3.16. The van der Waals surface area contributed by atoms with Crippen LogP contribution < -0.4 is 5.56 Å². The van der Waals surface area contributed by atoms with Crippen molar-refractivity contribution in [2.75, 3.05) is 0 Å². The van der Waals surface area contributed by atoms with Gasteiger partial charge < -0.3 is 5.11 Å². The van der Waals surface area contributed by atoms with E-state index in [9.17, 15) is 9.59 Å². The van der Waals surface area contributed by atoms with Gasteiger partial charge in [-0.1, -0.05) is 0 Å².